The standard InChI is InChI=1S/C9H5BrN2O2/c10-9-8(12(13)14)5-6-3-1-2-4-7(6)11-9/h1-5H. The van der Waals surface area contributed by atoms with E-state index in [0.29, 0.717) is 0 Å². The van der Waals surface area contributed by atoms with Crippen LogP contribution in [-0.4, -0.2) is 9.91 Å². The second-order valence-electron chi connectivity index (χ2n) is 2.75. The number of halogens is 1. The van der Waals surface area contributed by atoms with Gasteiger partial charge in [-0.3, -0.25) is 10.1 Å². The van der Waals surface area contributed by atoms with E-state index in [2.05, 4.69) is 20.9 Å². The summed E-state index contributed by atoms with van der Waals surface area (Å²) in [6.45, 7) is 0. The average molecular weight is 253 g/mol. The summed E-state index contributed by atoms with van der Waals surface area (Å²) in [5.74, 6) is 0. The maximum Gasteiger partial charge on any atom is 0.302 e. The third kappa shape index (κ3) is 1.46. The molecule has 1 aromatic heterocycles. The minimum Gasteiger partial charge on any atom is -0.258 e. The van der Waals surface area contributed by atoms with Crippen molar-refractivity contribution in [2.45, 2.75) is 0 Å². The van der Waals surface area contributed by atoms with Gasteiger partial charge >= 0.3 is 5.69 Å². The molecule has 2 aromatic rings. The number of hydrogen-bond donors (Lipinski definition) is 0. The van der Waals surface area contributed by atoms with E-state index in [4.69, 9.17) is 0 Å². The van der Waals surface area contributed by atoms with Gasteiger partial charge in [0.1, 0.15) is 0 Å². The Balaban J connectivity index is 2.77. The number of para-hydroxylation sites is 1. The number of aromatic nitrogens is 1. The van der Waals surface area contributed by atoms with Gasteiger partial charge in [-0.15, -0.1) is 0 Å². The summed E-state index contributed by atoms with van der Waals surface area (Å²) in [7, 11) is 0. The Morgan fingerprint density at radius 1 is 1.36 bits per heavy atom. The Kier molecular flexibility index (Phi) is 2.17. The Bertz CT molecular complexity index is 513. The molecule has 0 aliphatic heterocycles. The van der Waals surface area contributed by atoms with Crippen molar-refractivity contribution in [1.29, 1.82) is 0 Å². The summed E-state index contributed by atoms with van der Waals surface area (Å²) in [4.78, 5) is 14.2. The second-order valence-corrected chi connectivity index (χ2v) is 3.50. The molecule has 0 radical (unpaired) electrons. The van der Waals surface area contributed by atoms with Crippen molar-refractivity contribution in [3.63, 3.8) is 0 Å². The van der Waals surface area contributed by atoms with Crippen LogP contribution in [-0.2, 0) is 0 Å². The fraction of sp³-hybridized carbons (Fsp3) is 0. The maximum absolute atomic E-state index is 10.6. The van der Waals surface area contributed by atoms with Gasteiger partial charge in [0, 0.05) is 11.5 Å². The molecule has 0 amide bonds. The molecular formula is C9H5BrN2O2. The summed E-state index contributed by atoms with van der Waals surface area (Å²) < 4.78 is 0.265. The van der Waals surface area contributed by atoms with Gasteiger partial charge in [0.25, 0.3) is 0 Å². The van der Waals surface area contributed by atoms with Crippen LogP contribution in [0.3, 0.4) is 0 Å². The molecule has 0 atom stereocenters. The number of rotatable bonds is 1. The van der Waals surface area contributed by atoms with Gasteiger partial charge in [-0.25, -0.2) is 4.98 Å². The van der Waals surface area contributed by atoms with E-state index in [-0.39, 0.29) is 10.3 Å². The molecule has 0 aliphatic rings. The molecule has 0 saturated carbocycles. The quantitative estimate of drug-likeness (QED) is 0.446. The first-order valence-electron chi connectivity index (χ1n) is 3.88. The monoisotopic (exact) mass is 252 g/mol. The highest BCUT2D eigenvalue weighted by molar-refractivity contribution is 9.10. The zero-order valence-electron chi connectivity index (χ0n) is 6.98. The third-order valence-corrected chi connectivity index (χ3v) is 2.44. The summed E-state index contributed by atoms with van der Waals surface area (Å²) in [5.41, 5.74) is 0.730. The van der Waals surface area contributed by atoms with Crippen molar-refractivity contribution in [3.8, 4) is 0 Å². The third-order valence-electron chi connectivity index (χ3n) is 1.86. The molecule has 0 aliphatic carbocycles. The Morgan fingerprint density at radius 2 is 2.07 bits per heavy atom. The van der Waals surface area contributed by atoms with Crippen molar-refractivity contribution in [3.05, 3.63) is 45.0 Å². The van der Waals surface area contributed by atoms with E-state index in [9.17, 15) is 10.1 Å². The Morgan fingerprint density at radius 3 is 2.79 bits per heavy atom. The molecule has 1 aromatic carbocycles. The number of nitrogens with zero attached hydrogens (tertiary/aromatic N) is 2. The van der Waals surface area contributed by atoms with Gasteiger partial charge in [0.2, 0.25) is 0 Å². The Hall–Kier alpha value is -1.49. The fourth-order valence-electron chi connectivity index (χ4n) is 1.21. The molecule has 14 heavy (non-hydrogen) atoms. The van der Waals surface area contributed by atoms with Gasteiger partial charge in [-0.05, 0) is 22.0 Å². The van der Waals surface area contributed by atoms with E-state index in [1.54, 1.807) is 6.07 Å². The normalized spacial score (nSPS) is 10.4. The van der Waals surface area contributed by atoms with Crippen molar-refractivity contribution in [1.82, 2.24) is 4.98 Å². The number of benzene rings is 1. The lowest BCUT2D eigenvalue weighted by Crippen LogP contribution is -1.91. The minimum atomic E-state index is -0.455. The van der Waals surface area contributed by atoms with Crippen LogP contribution in [0.4, 0.5) is 5.69 Å². The number of pyridine rings is 1. The molecule has 5 heteroatoms. The minimum absolute atomic E-state index is 0.0105. The smallest absolute Gasteiger partial charge is 0.258 e. The highest BCUT2D eigenvalue weighted by Crippen LogP contribution is 2.26. The summed E-state index contributed by atoms with van der Waals surface area (Å²) in [6, 6.07) is 8.77. The van der Waals surface area contributed by atoms with Crippen LogP contribution in [0.2, 0.25) is 0 Å². The van der Waals surface area contributed by atoms with E-state index < -0.39 is 4.92 Å². The molecule has 0 unspecified atom stereocenters. The first-order valence-corrected chi connectivity index (χ1v) is 4.67. The summed E-state index contributed by atoms with van der Waals surface area (Å²) >= 11 is 3.07. The van der Waals surface area contributed by atoms with Crippen molar-refractivity contribution < 1.29 is 4.92 Å². The van der Waals surface area contributed by atoms with Gasteiger partial charge in [0.15, 0.2) is 4.60 Å². The average Bonchev–Trinajstić information content (AvgIpc) is 2.16. The Labute approximate surface area is 87.9 Å². The van der Waals surface area contributed by atoms with Crippen LogP contribution < -0.4 is 0 Å². The highest BCUT2D eigenvalue weighted by Gasteiger charge is 2.13. The van der Waals surface area contributed by atoms with Crippen LogP contribution in [0.1, 0.15) is 0 Å². The number of nitro groups is 1. The zero-order valence-corrected chi connectivity index (χ0v) is 8.56. The molecule has 4 nitrogen and oxygen atoms in total. The van der Waals surface area contributed by atoms with E-state index >= 15 is 0 Å². The van der Waals surface area contributed by atoms with Gasteiger partial charge < -0.3 is 0 Å². The molecule has 0 saturated heterocycles. The highest BCUT2D eigenvalue weighted by atomic mass is 79.9. The first-order chi connectivity index (χ1) is 6.68. The molecule has 0 N–H and O–H groups in total. The molecule has 70 valence electrons. The molecule has 1 heterocycles. The van der Waals surface area contributed by atoms with E-state index in [0.717, 1.165) is 10.9 Å². The lowest BCUT2D eigenvalue weighted by Gasteiger charge is -1.98. The first kappa shape index (κ1) is 9.08. The summed E-state index contributed by atoms with van der Waals surface area (Å²) in [5, 5.41) is 11.4. The molecule has 2 rings (SSSR count). The van der Waals surface area contributed by atoms with Crippen molar-refractivity contribution in [2.75, 3.05) is 0 Å². The van der Waals surface area contributed by atoms with Gasteiger partial charge in [-0.1, -0.05) is 18.2 Å². The van der Waals surface area contributed by atoms with Gasteiger partial charge in [-0.2, -0.15) is 0 Å². The zero-order chi connectivity index (χ0) is 10.1. The van der Waals surface area contributed by atoms with Crippen LogP contribution in [0.15, 0.2) is 34.9 Å². The van der Waals surface area contributed by atoms with Crippen molar-refractivity contribution >= 4 is 32.5 Å². The topological polar surface area (TPSA) is 56.0 Å². The molecule has 0 fully saturated rings. The van der Waals surface area contributed by atoms with E-state index in [1.807, 2.05) is 18.2 Å². The van der Waals surface area contributed by atoms with Crippen LogP contribution >= 0.6 is 15.9 Å². The van der Waals surface area contributed by atoms with Gasteiger partial charge in [0.05, 0.1) is 10.4 Å². The van der Waals surface area contributed by atoms with Crippen LogP contribution in [0, 0.1) is 10.1 Å². The van der Waals surface area contributed by atoms with Crippen molar-refractivity contribution in [2.24, 2.45) is 0 Å². The lowest BCUT2D eigenvalue weighted by molar-refractivity contribution is -0.385. The molecule has 0 bridgehead atoms. The fourth-order valence-corrected chi connectivity index (χ4v) is 1.66. The summed E-state index contributed by atoms with van der Waals surface area (Å²) in [6.07, 6.45) is 0. The SMILES string of the molecule is O=[N+]([O-])c1cc2ccccc2nc1Br. The predicted octanol–water partition coefficient (Wildman–Crippen LogP) is 2.91. The molecular weight excluding hydrogens is 248 g/mol. The second kappa shape index (κ2) is 3.34. The lowest BCUT2D eigenvalue weighted by atomic mass is 10.2. The van der Waals surface area contributed by atoms with E-state index in [1.165, 1.54) is 6.07 Å². The largest absolute Gasteiger partial charge is 0.302 e. The molecule has 0 spiro atoms. The van der Waals surface area contributed by atoms with Crippen LogP contribution in [0.25, 0.3) is 10.9 Å². The maximum atomic E-state index is 10.6. The predicted molar refractivity (Wildman–Crippen MR) is 56.1 cm³/mol. The number of fused-ring (bicyclic) bond motifs is 1. The number of hydrogen-bond acceptors (Lipinski definition) is 3. The van der Waals surface area contributed by atoms with Crippen LogP contribution in [0.5, 0.6) is 0 Å².